The van der Waals surface area contributed by atoms with Crippen molar-refractivity contribution in [3.8, 4) is 0 Å². The second-order valence-corrected chi connectivity index (χ2v) is 11.5. The predicted octanol–water partition coefficient (Wildman–Crippen LogP) is 7.58. The molecule has 1 aromatic heterocycles. The fourth-order valence-corrected chi connectivity index (χ4v) is 5.61. The summed E-state index contributed by atoms with van der Waals surface area (Å²) in [5.74, 6) is -1.07. The zero-order chi connectivity index (χ0) is 31.6. The molecule has 8 heteroatoms. The number of pyridine rings is 1. The Morgan fingerprint density at radius 1 is 0.778 bits per heavy atom. The molecule has 0 aliphatic carbocycles. The Balaban J connectivity index is 1.37. The van der Waals surface area contributed by atoms with Crippen LogP contribution in [0.1, 0.15) is 37.9 Å². The molecule has 0 aliphatic heterocycles. The van der Waals surface area contributed by atoms with Crippen molar-refractivity contribution in [1.82, 2.24) is 10.3 Å². The standard InChI is InChI=1S/C37H32N4O3S/c1-25-18-19-26(2)32(21-25)40-37(44)34(28-12-5-3-6-13-28)45-31-17-9-16-30(23-31)39-36(43)33(22-27-11-10-20-38-24-27)41-35(42)29-14-7-4-8-15-29/h3-24,34H,1-2H3,(H,39,43)(H,40,44)(H,41,42)/b33-22-. The second kappa shape index (κ2) is 14.8. The lowest BCUT2D eigenvalue weighted by molar-refractivity contribution is -0.116. The molecule has 1 unspecified atom stereocenters. The molecule has 45 heavy (non-hydrogen) atoms. The number of nitrogens with zero attached hydrogens (tertiary/aromatic N) is 1. The van der Waals surface area contributed by atoms with Crippen molar-refractivity contribution in [2.24, 2.45) is 0 Å². The molecule has 3 amide bonds. The summed E-state index contributed by atoms with van der Waals surface area (Å²) in [6, 6.07) is 35.0. The van der Waals surface area contributed by atoms with E-state index in [0.29, 0.717) is 16.8 Å². The van der Waals surface area contributed by atoms with Gasteiger partial charge in [0.15, 0.2) is 0 Å². The zero-order valence-electron chi connectivity index (χ0n) is 24.9. The Kier molecular flexibility index (Phi) is 10.2. The van der Waals surface area contributed by atoms with E-state index >= 15 is 0 Å². The van der Waals surface area contributed by atoms with Crippen LogP contribution in [-0.2, 0) is 9.59 Å². The minimum Gasteiger partial charge on any atom is -0.325 e. The fourth-order valence-electron chi connectivity index (χ4n) is 4.52. The first-order chi connectivity index (χ1) is 21.9. The highest BCUT2D eigenvalue weighted by Gasteiger charge is 2.23. The predicted molar refractivity (Wildman–Crippen MR) is 181 cm³/mol. The number of rotatable bonds is 10. The lowest BCUT2D eigenvalue weighted by Gasteiger charge is -2.19. The molecule has 0 spiro atoms. The van der Waals surface area contributed by atoms with E-state index in [-0.39, 0.29) is 11.6 Å². The Hall–Kier alpha value is -5.47. The van der Waals surface area contributed by atoms with Gasteiger partial charge in [-0.1, -0.05) is 72.8 Å². The summed E-state index contributed by atoms with van der Waals surface area (Å²) in [4.78, 5) is 45.0. The molecule has 0 saturated carbocycles. The number of aryl methyl sites for hydroxylation is 2. The van der Waals surface area contributed by atoms with E-state index in [9.17, 15) is 14.4 Å². The molecule has 0 aliphatic rings. The lowest BCUT2D eigenvalue weighted by atomic mass is 10.1. The quantitative estimate of drug-likeness (QED) is 0.112. The van der Waals surface area contributed by atoms with Crippen molar-refractivity contribution >= 4 is 46.9 Å². The van der Waals surface area contributed by atoms with Crippen LogP contribution in [-0.4, -0.2) is 22.7 Å². The van der Waals surface area contributed by atoms with Crippen molar-refractivity contribution in [2.45, 2.75) is 24.0 Å². The third kappa shape index (κ3) is 8.55. The zero-order valence-corrected chi connectivity index (χ0v) is 25.7. The van der Waals surface area contributed by atoms with E-state index < -0.39 is 17.1 Å². The van der Waals surface area contributed by atoms with Gasteiger partial charge in [0.25, 0.3) is 11.8 Å². The van der Waals surface area contributed by atoms with E-state index in [2.05, 4.69) is 20.9 Å². The van der Waals surface area contributed by atoms with E-state index in [1.807, 2.05) is 86.6 Å². The Morgan fingerprint density at radius 3 is 2.27 bits per heavy atom. The summed E-state index contributed by atoms with van der Waals surface area (Å²) < 4.78 is 0. The van der Waals surface area contributed by atoms with Gasteiger partial charge >= 0.3 is 0 Å². The number of anilines is 2. The summed E-state index contributed by atoms with van der Waals surface area (Å²) in [5.41, 5.74) is 5.30. The van der Waals surface area contributed by atoms with Crippen molar-refractivity contribution in [3.63, 3.8) is 0 Å². The maximum Gasteiger partial charge on any atom is 0.272 e. The number of carbonyl (C=O) groups is 3. The Morgan fingerprint density at radius 2 is 1.53 bits per heavy atom. The molecular weight excluding hydrogens is 580 g/mol. The average Bonchev–Trinajstić information content (AvgIpc) is 3.06. The molecule has 1 atom stereocenters. The number of thioether (sulfide) groups is 1. The molecule has 4 aromatic carbocycles. The van der Waals surface area contributed by atoms with Gasteiger partial charge < -0.3 is 16.0 Å². The molecule has 5 aromatic rings. The van der Waals surface area contributed by atoms with Crippen LogP contribution in [0.15, 0.2) is 138 Å². The van der Waals surface area contributed by atoms with Crippen LogP contribution in [0.4, 0.5) is 11.4 Å². The second-order valence-electron chi connectivity index (χ2n) is 10.4. The van der Waals surface area contributed by atoms with Gasteiger partial charge in [0.1, 0.15) is 10.9 Å². The highest BCUT2D eigenvalue weighted by molar-refractivity contribution is 8.00. The molecule has 0 radical (unpaired) electrons. The van der Waals surface area contributed by atoms with Gasteiger partial charge in [-0.15, -0.1) is 11.8 Å². The smallest absolute Gasteiger partial charge is 0.272 e. The topological polar surface area (TPSA) is 100 Å². The van der Waals surface area contributed by atoms with Crippen LogP contribution >= 0.6 is 11.8 Å². The lowest BCUT2D eigenvalue weighted by Crippen LogP contribution is -2.30. The molecule has 1 heterocycles. The molecule has 0 saturated heterocycles. The van der Waals surface area contributed by atoms with E-state index in [1.165, 1.54) is 11.8 Å². The van der Waals surface area contributed by atoms with Crippen LogP contribution in [0.2, 0.25) is 0 Å². The highest BCUT2D eigenvalue weighted by atomic mass is 32.2. The minimum atomic E-state index is -0.553. The van der Waals surface area contributed by atoms with Crippen molar-refractivity contribution in [2.75, 3.05) is 10.6 Å². The first-order valence-corrected chi connectivity index (χ1v) is 15.2. The Bertz CT molecular complexity index is 1830. The summed E-state index contributed by atoms with van der Waals surface area (Å²) >= 11 is 1.38. The van der Waals surface area contributed by atoms with Gasteiger partial charge in [-0.3, -0.25) is 19.4 Å². The number of carbonyl (C=O) groups excluding carboxylic acids is 3. The average molecular weight is 613 g/mol. The molecule has 0 fully saturated rings. The molecule has 0 bridgehead atoms. The Labute approximate surface area is 266 Å². The van der Waals surface area contributed by atoms with E-state index in [4.69, 9.17) is 0 Å². The number of hydrogen-bond acceptors (Lipinski definition) is 5. The van der Waals surface area contributed by atoms with Crippen molar-refractivity contribution in [1.29, 1.82) is 0 Å². The monoisotopic (exact) mass is 612 g/mol. The third-order valence-corrected chi connectivity index (χ3v) is 8.11. The van der Waals surface area contributed by atoms with E-state index in [1.54, 1.807) is 60.9 Å². The largest absolute Gasteiger partial charge is 0.325 e. The van der Waals surface area contributed by atoms with Crippen LogP contribution in [0.5, 0.6) is 0 Å². The fraction of sp³-hybridized carbons (Fsp3) is 0.0811. The third-order valence-electron chi connectivity index (χ3n) is 6.86. The van der Waals surface area contributed by atoms with Gasteiger partial charge in [0, 0.05) is 34.2 Å². The van der Waals surface area contributed by atoms with Crippen molar-refractivity contribution in [3.05, 3.63) is 161 Å². The van der Waals surface area contributed by atoms with Crippen molar-refractivity contribution < 1.29 is 14.4 Å². The minimum absolute atomic E-state index is 0.0602. The number of hydrogen-bond donors (Lipinski definition) is 3. The summed E-state index contributed by atoms with van der Waals surface area (Å²) in [7, 11) is 0. The van der Waals surface area contributed by atoms with Crippen LogP contribution in [0, 0.1) is 13.8 Å². The first kappa shape index (κ1) is 31.0. The van der Waals surface area contributed by atoms with Gasteiger partial charge in [-0.05, 0) is 84.6 Å². The van der Waals surface area contributed by atoms with Crippen LogP contribution < -0.4 is 16.0 Å². The SMILES string of the molecule is Cc1ccc(C)c(NC(=O)C(Sc2cccc(NC(=O)/C(=C/c3cccnc3)NC(=O)c3ccccc3)c2)c2ccccc2)c1. The summed E-state index contributed by atoms with van der Waals surface area (Å²) in [6.07, 6.45) is 4.81. The summed E-state index contributed by atoms with van der Waals surface area (Å²) in [6.45, 7) is 3.95. The number of benzene rings is 4. The molecule has 7 nitrogen and oxygen atoms in total. The normalized spacial score (nSPS) is 11.7. The highest BCUT2D eigenvalue weighted by Crippen LogP contribution is 2.37. The molecular formula is C37H32N4O3S. The van der Waals surface area contributed by atoms with Crippen LogP contribution in [0.25, 0.3) is 6.08 Å². The molecule has 3 N–H and O–H groups in total. The molecule has 224 valence electrons. The maximum absolute atomic E-state index is 13.7. The molecule has 5 rings (SSSR count). The van der Waals surface area contributed by atoms with Gasteiger partial charge in [-0.25, -0.2) is 0 Å². The van der Waals surface area contributed by atoms with Gasteiger partial charge in [0.05, 0.1) is 0 Å². The maximum atomic E-state index is 13.7. The van der Waals surface area contributed by atoms with Crippen LogP contribution in [0.3, 0.4) is 0 Å². The van der Waals surface area contributed by atoms with Gasteiger partial charge in [-0.2, -0.15) is 0 Å². The summed E-state index contributed by atoms with van der Waals surface area (Å²) in [5, 5.41) is 8.19. The number of nitrogens with one attached hydrogen (secondary N) is 3. The number of amides is 3. The van der Waals surface area contributed by atoms with Gasteiger partial charge in [0.2, 0.25) is 5.91 Å². The number of aromatic nitrogens is 1. The first-order valence-electron chi connectivity index (χ1n) is 14.3. The van der Waals surface area contributed by atoms with E-state index in [0.717, 1.165) is 27.3 Å².